The Balaban J connectivity index is 2.17. The van der Waals surface area contributed by atoms with E-state index in [1.165, 1.54) is 12.8 Å². The normalized spacial score (nSPS) is 34.4. The van der Waals surface area contributed by atoms with Gasteiger partial charge in [0, 0.05) is 18.5 Å². The Morgan fingerprint density at radius 1 is 1.50 bits per heavy atom. The van der Waals surface area contributed by atoms with E-state index in [4.69, 9.17) is 5.73 Å². The molecule has 0 bridgehead atoms. The molecular formula is C9H16N2O. The van der Waals surface area contributed by atoms with E-state index in [2.05, 4.69) is 4.90 Å². The minimum atomic E-state index is 0.186. The summed E-state index contributed by atoms with van der Waals surface area (Å²) in [5, 5.41) is 0. The number of fused-ring (bicyclic) bond motifs is 1. The second-order valence-electron chi connectivity index (χ2n) is 3.91. The van der Waals surface area contributed by atoms with E-state index in [1.54, 1.807) is 0 Å². The smallest absolute Gasteiger partial charge is 0.223 e. The largest absolute Gasteiger partial charge is 0.337 e. The molecule has 12 heavy (non-hydrogen) atoms. The van der Waals surface area contributed by atoms with Crippen molar-refractivity contribution >= 4 is 5.91 Å². The molecule has 0 aromatic carbocycles. The van der Waals surface area contributed by atoms with E-state index in [9.17, 15) is 4.79 Å². The van der Waals surface area contributed by atoms with Crippen molar-refractivity contribution in [3.63, 3.8) is 0 Å². The van der Waals surface area contributed by atoms with Crippen molar-refractivity contribution < 1.29 is 4.79 Å². The summed E-state index contributed by atoms with van der Waals surface area (Å²) in [5.41, 5.74) is 5.75. The molecule has 0 saturated carbocycles. The van der Waals surface area contributed by atoms with Crippen LogP contribution in [0.1, 0.15) is 32.1 Å². The quantitative estimate of drug-likeness (QED) is 0.652. The van der Waals surface area contributed by atoms with Crippen molar-refractivity contribution in [1.82, 2.24) is 4.90 Å². The third kappa shape index (κ3) is 0.959. The molecule has 2 saturated heterocycles. The van der Waals surface area contributed by atoms with Crippen LogP contribution in [-0.2, 0) is 4.79 Å². The summed E-state index contributed by atoms with van der Waals surface area (Å²) in [5.74, 6) is 0.348. The number of carbonyl (C=O) groups excluding carboxylic acids is 1. The van der Waals surface area contributed by atoms with Gasteiger partial charge in [-0.1, -0.05) is 0 Å². The summed E-state index contributed by atoms with van der Waals surface area (Å²) in [7, 11) is 0. The van der Waals surface area contributed by atoms with E-state index in [1.807, 2.05) is 0 Å². The fourth-order valence-electron chi connectivity index (χ4n) is 2.72. The van der Waals surface area contributed by atoms with E-state index >= 15 is 0 Å². The summed E-state index contributed by atoms with van der Waals surface area (Å²) in [6, 6.07) is 0. The summed E-state index contributed by atoms with van der Waals surface area (Å²) in [6.07, 6.45) is 5.14. The van der Waals surface area contributed by atoms with Crippen molar-refractivity contribution in [2.75, 3.05) is 13.1 Å². The Morgan fingerprint density at radius 3 is 3.08 bits per heavy atom. The maximum absolute atomic E-state index is 11.4. The molecule has 1 unspecified atom stereocenters. The predicted octanol–water partition coefficient (Wildman–Crippen LogP) is 0.490. The SMILES string of the molecule is NCCC12CCCN1C(=O)CC2. The molecule has 3 heteroatoms. The van der Waals surface area contributed by atoms with Crippen LogP contribution in [-0.4, -0.2) is 29.4 Å². The van der Waals surface area contributed by atoms with Crippen LogP contribution >= 0.6 is 0 Å². The highest BCUT2D eigenvalue weighted by Crippen LogP contribution is 2.41. The van der Waals surface area contributed by atoms with Crippen LogP contribution in [0.4, 0.5) is 0 Å². The van der Waals surface area contributed by atoms with Crippen LogP contribution in [0.15, 0.2) is 0 Å². The van der Waals surface area contributed by atoms with Crippen molar-refractivity contribution in [1.29, 1.82) is 0 Å². The second-order valence-corrected chi connectivity index (χ2v) is 3.91. The monoisotopic (exact) mass is 168 g/mol. The molecule has 1 atom stereocenters. The highest BCUT2D eigenvalue weighted by molar-refractivity contribution is 5.80. The standard InChI is InChI=1S/C9H16N2O/c10-6-5-9-3-1-7-11(9)8(12)2-4-9/h1-7,10H2. The van der Waals surface area contributed by atoms with Crippen molar-refractivity contribution in [2.24, 2.45) is 5.73 Å². The van der Waals surface area contributed by atoms with Gasteiger partial charge in [-0.3, -0.25) is 4.79 Å². The average Bonchev–Trinajstić information content (AvgIpc) is 2.55. The Hall–Kier alpha value is -0.570. The van der Waals surface area contributed by atoms with Gasteiger partial charge in [0.2, 0.25) is 5.91 Å². The summed E-state index contributed by atoms with van der Waals surface area (Å²) in [4.78, 5) is 13.5. The summed E-state index contributed by atoms with van der Waals surface area (Å²) < 4.78 is 0. The molecule has 0 radical (unpaired) electrons. The highest BCUT2D eigenvalue weighted by Gasteiger charge is 2.47. The van der Waals surface area contributed by atoms with E-state index in [0.717, 1.165) is 25.8 Å². The summed E-state index contributed by atoms with van der Waals surface area (Å²) >= 11 is 0. The molecule has 2 heterocycles. The molecule has 1 amide bonds. The van der Waals surface area contributed by atoms with E-state index in [0.29, 0.717) is 12.5 Å². The molecule has 3 nitrogen and oxygen atoms in total. The second kappa shape index (κ2) is 2.73. The molecule has 2 rings (SSSR count). The molecule has 0 aromatic heterocycles. The molecule has 0 spiro atoms. The number of hydrogen-bond acceptors (Lipinski definition) is 2. The van der Waals surface area contributed by atoms with Gasteiger partial charge in [0.1, 0.15) is 0 Å². The minimum Gasteiger partial charge on any atom is -0.337 e. The maximum atomic E-state index is 11.4. The molecule has 68 valence electrons. The molecule has 2 aliphatic heterocycles. The van der Waals surface area contributed by atoms with Crippen molar-refractivity contribution in [3.8, 4) is 0 Å². The molecule has 2 aliphatic rings. The summed E-state index contributed by atoms with van der Waals surface area (Å²) in [6.45, 7) is 1.68. The zero-order valence-electron chi connectivity index (χ0n) is 7.38. The van der Waals surface area contributed by atoms with Crippen LogP contribution in [0, 0.1) is 0 Å². The number of carbonyl (C=O) groups is 1. The fraction of sp³-hybridized carbons (Fsp3) is 0.889. The Morgan fingerprint density at radius 2 is 2.33 bits per heavy atom. The van der Waals surface area contributed by atoms with Crippen LogP contribution in [0.5, 0.6) is 0 Å². The maximum Gasteiger partial charge on any atom is 0.223 e. The third-order valence-electron chi connectivity index (χ3n) is 3.31. The number of rotatable bonds is 2. The van der Waals surface area contributed by atoms with Crippen LogP contribution in [0.2, 0.25) is 0 Å². The number of nitrogens with zero attached hydrogens (tertiary/aromatic N) is 1. The van der Waals surface area contributed by atoms with Crippen LogP contribution < -0.4 is 5.73 Å². The minimum absolute atomic E-state index is 0.186. The van der Waals surface area contributed by atoms with Crippen LogP contribution in [0.25, 0.3) is 0 Å². The first-order valence-electron chi connectivity index (χ1n) is 4.79. The zero-order chi connectivity index (χ0) is 8.60. The Kier molecular flexibility index (Phi) is 1.83. The Labute approximate surface area is 72.9 Å². The van der Waals surface area contributed by atoms with E-state index in [-0.39, 0.29) is 5.54 Å². The molecule has 2 fully saturated rings. The first-order chi connectivity index (χ1) is 5.78. The third-order valence-corrected chi connectivity index (χ3v) is 3.31. The van der Waals surface area contributed by atoms with Gasteiger partial charge < -0.3 is 10.6 Å². The van der Waals surface area contributed by atoms with Gasteiger partial charge in [-0.15, -0.1) is 0 Å². The first kappa shape index (κ1) is 8.05. The lowest BCUT2D eigenvalue weighted by Crippen LogP contribution is -2.41. The Bertz CT molecular complexity index is 205. The number of nitrogens with two attached hydrogens (primary N) is 1. The molecule has 0 aromatic rings. The van der Waals surface area contributed by atoms with Crippen molar-refractivity contribution in [2.45, 2.75) is 37.6 Å². The first-order valence-corrected chi connectivity index (χ1v) is 4.79. The van der Waals surface area contributed by atoms with Gasteiger partial charge >= 0.3 is 0 Å². The number of hydrogen-bond donors (Lipinski definition) is 1. The van der Waals surface area contributed by atoms with Gasteiger partial charge in [-0.25, -0.2) is 0 Å². The zero-order valence-corrected chi connectivity index (χ0v) is 7.38. The lowest BCUT2D eigenvalue weighted by Gasteiger charge is -2.31. The topological polar surface area (TPSA) is 46.3 Å². The number of amides is 1. The molecule has 0 aliphatic carbocycles. The highest BCUT2D eigenvalue weighted by atomic mass is 16.2. The lowest BCUT2D eigenvalue weighted by atomic mass is 9.90. The molecular weight excluding hydrogens is 152 g/mol. The van der Waals surface area contributed by atoms with Gasteiger partial charge in [0.05, 0.1) is 0 Å². The van der Waals surface area contributed by atoms with Gasteiger partial charge in [-0.05, 0) is 32.2 Å². The average molecular weight is 168 g/mol. The molecule has 2 N–H and O–H groups in total. The van der Waals surface area contributed by atoms with E-state index < -0.39 is 0 Å². The predicted molar refractivity (Wildman–Crippen MR) is 46.6 cm³/mol. The van der Waals surface area contributed by atoms with Crippen molar-refractivity contribution in [3.05, 3.63) is 0 Å². The lowest BCUT2D eigenvalue weighted by molar-refractivity contribution is -0.129. The van der Waals surface area contributed by atoms with Gasteiger partial charge in [-0.2, -0.15) is 0 Å². The van der Waals surface area contributed by atoms with Crippen LogP contribution in [0.3, 0.4) is 0 Å². The van der Waals surface area contributed by atoms with Gasteiger partial charge in [0.15, 0.2) is 0 Å². The fourth-order valence-corrected chi connectivity index (χ4v) is 2.72. The van der Waals surface area contributed by atoms with Gasteiger partial charge in [0.25, 0.3) is 0 Å².